The normalized spacial score (nSPS) is 15.5. The molecule has 0 radical (unpaired) electrons. The van der Waals surface area contributed by atoms with Gasteiger partial charge in [0.05, 0.1) is 41.5 Å². The standard InChI is InChI=1S/C24H23BrN2O7S/c1-5-33-20(28)13-34-21-17(25)9-14(10-18(21)31-3)11-19-22(29)27(2)24(35-19)26-16-8-6-7-15(12-16)23(30)32-4/h6-12H,5,13H2,1-4H3. The van der Waals surface area contributed by atoms with Gasteiger partial charge in [-0.25, -0.2) is 14.6 Å². The van der Waals surface area contributed by atoms with E-state index in [2.05, 4.69) is 20.9 Å². The number of likely N-dealkylation sites (N-methyl/N-ethyl adjacent to an activating group) is 1. The largest absolute Gasteiger partial charge is 0.493 e. The molecule has 1 aliphatic heterocycles. The van der Waals surface area contributed by atoms with Gasteiger partial charge >= 0.3 is 11.9 Å². The molecule has 0 aliphatic carbocycles. The molecule has 1 saturated heterocycles. The Morgan fingerprint density at radius 2 is 1.97 bits per heavy atom. The van der Waals surface area contributed by atoms with E-state index in [4.69, 9.17) is 18.9 Å². The van der Waals surface area contributed by atoms with E-state index >= 15 is 0 Å². The number of thioether (sulfide) groups is 1. The number of amidine groups is 1. The predicted octanol–water partition coefficient (Wildman–Crippen LogP) is 4.42. The molecule has 0 spiro atoms. The molecule has 0 atom stereocenters. The molecule has 0 saturated carbocycles. The first kappa shape index (κ1) is 26.3. The van der Waals surface area contributed by atoms with Gasteiger partial charge < -0.3 is 18.9 Å². The van der Waals surface area contributed by atoms with Gasteiger partial charge in [-0.05, 0) is 76.6 Å². The number of carbonyl (C=O) groups is 3. The van der Waals surface area contributed by atoms with Crippen molar-refractivity contribution in [1.82, 2.24) is 4.90 Å². The van der Waals surface area contributed by atoms with Crippen molar-refractivity contribution in [2.24, 2.45) is 4.99 Å². The van der Waals surface area contributed by atoms with Crippen LogP contribution in [0, 0.1) is 0 Å². The maximum absolute atomic E-state index is 12.8. The molecule has 2 aromatic carbocycles. The number of amides is 1. The van der Waals surface area contributed by atoms with Crippen molar-refractivity contribution >= 4 is 62.5 Å². The fraction of sp³-hybridized carbons (Fsp3) is 0.250. The molecule has 184 valence electrons. The second kappa shape index (κ2) is 11.9. The van der Waals surface area contributed by atoms with Gasteiger partial charge in [0, 0.05) is 7.05 Å². The molecule has 3 rings (SSSR count). The number of halogens is 1. The van der Waals surface area contributed by atoms with Crippen LogP contribution in [0.2, 0.25) is 0 Å². The minimum Gasteiger partial charge on any atom is -0.493 e. The van der Waals surface area contributed by atoms with Gasteiger partial charge in [0.2, 0.25) is 0 Å². The highest BCUT2D eigenvalue weighted by Crippen LogP contribution is 2.39. The zero-order valence-corrected chi connectivity index (χ0v) is 21.9. The lowest BCUT2D eigenvalue weighted by molar-refractivity contribution is -0.145. The van der Waals surface area contributed by atoms with Crippen LogP contribution >= 0.6 is 27.7 Å². The Morgan fingerprint density at radius 3 is 2.66 bits per heavy atom. The molecular weight excluding hydrogens is 540 g/mol. The van der Waals surface area contributed by atoms with Gasteiger partial charge in [0.1, 0.15) is 0 Å². The van der Waals surface area contributed by atoms with Crippen LogP contribution in [0.3, 0.4) is 0 Å². The second-order valence-electron chi connectivity index (χ2n) is 7.04. The van der Waals surface area contributed by atoms with Crippen LogP contribution in [0.4, 0.5) is 5.69 Å². The van der Waals surface area contributed by atoms with E-state index in [0.717, 1.165) is 0 Å². The SMILES string of the molecule is CCOC(=O)COc1c(Br)cc(C=C2SC(=Nc3cccc(C(=O)OC)c3)N(C)C2=O)cc1OC. The molecule has 0 N–H and O–H groups in total. The number of hydrogen-bond acceptors (Lipinski definition) is 9. The average Bonchev–Trinajstić information content (AvgIpc) is 3.10. The third-order valence-corrected chi connectivity index (χ3v) is 6.33. The maximum atomic E-state index is 12.8. The minimum absolute atomic E-state index is 0.226. The number of ether oxygens (including phenoxy) is 4. The van der Waals surface area contributed by atoms with Crippen molar-refractivity contribution < 1.29 is 33.3 Å². The van der Waals surface area contributed by atoms with Gasteiger partial charge in [-0.15, -0.1) is 0 Å². The summed E-state index contributed by atoms with van der Waals surface area (Å²) in [5.41, 5.74) is 1.56. The van der Waals surface area contributed by atoms with E-state index in [1.54, 1.807) is 56.4 Å². The second-order valence-corrected chi connectivity index (χ2v) is 8.90. The van der Waals surface area contributed by atoms with Crippen LogP contribution < -0.4 is 9.47 Å². The molecule has 9 nitrogen and oxygen atoms in total. The molecule has 1 heterocycles. The molecule has 0 unspecified atom stereocenters. The lowest BCUT2D eigenvalue weighted by Gasteiger charge is -2.13. The first-order valence-electron chi connectivity index (χ1n) is 10.4. The van der Waals surface area contributed by atoms with Gasteiger partial charge in [0.25, 0.3) is 5.91 Å². The summed E-state index contributed by atoms with van der Waals surface area (Å²) in [5.74, 6) is -0.459. The average molecular weight is 563 g/mol. The summed E-state index contributed by atoms with van der Waals surface area (Å²) in [4.78, 5) is 42.7. The van der Waals surface area contributed by atoms with Gasteiger partial charge in [0.15, 0.2) is 23.3 Å². The monoisotopic (exact) mass is 562 g/mol. The van der Waals surface area contributed by atoms with Crippen LogP contribution in [-0.4, -0.2) is 62.4 Å². The Balaban J connectivity index is 1.85. The molecule has 1 aliphatic rings. The van der Waals surface area contributed by atoms with Crippen LogP contribution in [0.1, 0.15) is 22.8 Å². The molecular formula is C24H23BrN2O7S. The van der Waals surface area contributed by atoms with Gasteiger partial charge in [-0.1, -0.05) is 6.07 Å². The summed E-state index contributed by atoms with van der Waals surface area (Å²) in [6.45, 7) is 1.71. The molecule has 0 bridgehead atoms. The summed E-state index contributed by atoms with van der Waals surface area (Å²) in [7, 11) is 4.41. The van der Waals surface area contributed by atoms with E-state index in [1.807, 2.05) is 0 Å². The molecule has 0 aromatic heterocycles. The highest BCUT2D eigenvalue weighted by Gasteiger charge is 2.30. The number of methoxy groups -OCH3 is 2. The highest BCUT2D eigenvalue weighted by molar-refractivity contribution is 9.10. The number of carbonyl (C=O) groups excluding carboxylic acids is 3. The van der Waals surface area contributed by atoms with Gasteiger partial charge in [-0.2, -0.15) is 0 Å². The van der Waals surface area contributed by atoms with Crippen molar-refractivity contribution in [3.8, 4) is 11.5 Å². The number of benzene rings is 2. The summed E-state index contributed by atoms with van der Waals surface area (Å²) >= 11 is 4.64. The highest BCUT2D eigenvalue weighted by atomic mass is 79.9. The lowest BCUT2D eigenvalue weighted by Crippen LogP contribution is -2.23. The van der Waals surface area contributed by atoms with Crippen molar-refractivity contribution in [2.75, 3.05) is 34.5 Å². The summed E-state index contributed by atoms with van der Waals surface area (Å²) in [5, 5.41) is 0.462. The van der Waals surface area contributed by atoms with Crippen LogP contribution in [0.15, 0.2) is 50.8 Å². The van der Waals surface area contributed by atoms with E-state index in [1.165, 1.54) is 30.9 Å². The number of esters is 2. The van der Waals surface area contributed by atoms with E-state index in [0.29, 0.717) is 42.9 Å². The quantitative estimate of drug-likeness (QED) is 0.344. The first-order chi connectivity index (χ1) is 16.8. The van der Waals surface area contributed by atoms with Crippen molar-refractivity contribution in [2.45, 2.75) is 6.92 Å². The van der Waals surface area contributed by atoms with Crippen LogP contribution in [0.25, 0.3) is 6.08 Å². The predicted molar refractivity (Wildman–Crippen MR) is 136 cm³/mol. The Kier molecular flexibility index (Phi) is 8.94. The van der Waals surface area contributed by atoms with Crippen molar-refractivity contribution in [3.63, 3.8) is 0 Å². The fourth-order valence-electron chi connectivity index (χ4n) is 3.03. The van der Waals surface area contributed by atoms with E-state index in [-0.39, 0.29) is 19.1 Å². The third-order valence-electron chi connectivity index (χ3n) is 4.68. The van der Waals surface area contributed by atoms with Gasteiger partial charge in [-0.3, -0.25) is 9.69 Å². The maximum Gasteiger partial charge on any atom is 0.344 e. The van der Waals surface area contributed by atoms with E-state index in [9.17, 15) is 14.4 Å². The number of aliphatic imine (C=N–C) groups is 1. The molecule has 11 heteroatoms. The number of nitrogens with zero attached hydrogens (tertiary/aromatic N) is 2. The molecule has 35 heavy (non-hydrogen) atoms. The summed E-state index contributed by atoms with van der Waals surface area (Å²) < 4.78 is 21.1. The smallest absolute Gasteiger partial charge is 0.344 e. The Bertz CT molecular complexity index is 1210. The minimum atomic E-state index is -0.493. The number of rotatable bonds is 8. The van der Waals surface area contributed by atoms with Crippen LogP contribution in [-0.2, 0) is 19.1 Å². The zero-order valence-electron chi connectivity index (χ0n) is 19.5. The zero-order chi connectivity index (χ0) is 25.5. The summed E-state index contributed by atoms with van der Waals surface area (Å²) in [6, 6.07) is 10.1. The Morgan fingerprint density at radius 1 is 1.20 bits per heavy atom. The number of hydrogen-bond donors (Lipinski definition) is 0. The molecule has 2 aromatic rings. The topological polar surface area (TPSA) is 104 Å². The lowest BCUT2D eigenvalue weighted by atomic mass is 10.2. The van der Waals surface area contributed by atoms with Crippen molar-refractivity contribution in [1.29, 1.82) is 0 Å². The molecule has 1 amide bonds. The molecule has 1 fully saturated rings. The third kappa shape index (κ3) is 6.43. The first-order valence-corrected chi connectivity index (χ1v) is 12.0. The van der Waals surface area contributed by atoms with E-state index < -0.39 is 11.9 Å². The fourth-order valence-corrected chi connectivity index (χ4v) is 4.59. The Labute approximate surface area is 215 Å². The summed E-state index contributed by atoms with van der Waals surface area (Å²) in [6.07, 6.45) is 1.71. The Hall–Kier alpha value is -3.31. The van der Waals surface area contributed by atoms with Crippen LogP contribution in [0.5, 0.6) is 11.5 Å². The van der Waals surface area contributed by atoms with Crippen molar-refractivity contribution in [3.05, 3.63) is 56.9 Å².